The molecule has 6 heterocycles. The average molecular weight is 659 g/mol. The third-order valence-corrected chi connectivity index (χ3v) is 7.44. The molecule has 0 radical (unpaired) electrons. The summed E-state index contributed by atoms with van der Waals surface area (Å²) in [4.78, 5) is 35.5. The normalized spacial score (nSPS) is 14.1. The number of rotatable bonds is 6. The van der Waals surface area contributed by atoms with Gasteiger partial charge in [0.2, 0.25) is 0 Å². The van der Waals surface area contributed by atoms with Crippen LogP contribution in [-0.4, -0.2) is 57.5 Å². The second-order valence-electron chi connectivity index (χ2n) is 10.7. The lowest BCUT2D eigenvalue weighted by Crippen LogP contribution is -2.12. The third kappa shape index (κ3) is 7.24. The summed E-state index contributed by atoms with van der Waals surface area (Å²) in [5.41, 5.74) is 3.68. The van der Waals surface area contributed by atoms with E-state index in [0.29, 0.717) is 35.0 Å². The van der Waals surface area contributed by atoms with Crippen molar-refractivity contribution in [3.8, 4) is 11.5 Å². The number of pyridine rings is 4. The van der Waals surface area contributed by atoms with Gasteiger partial charge in [-0.15, -0.1) is 0 Å². The number of aliphatic imine (C=N–C) groups is 4. The molecule has 0 unspecified atom stereocenters. The van der Waals surface area contributed by atoms with Gasteiger partial charge in [-0.05, 0) is 84.9 Å². The van der Waals surface area contributed by atoms with Crippen LogP contribution < -0.4 is 20.1 Å². The summed E-state index contributed by atoms with van der Waals surface area (Å²) >= 11 is 0. The molecule has 12 nitrogen and oxygen atoms in total. The first kappa shape index (κ1) is 31.5. The molecular weight excluding hydrogens is 628 g/mol. The van der Waals surface area contributed by atoms with Gasteiger partial charge in [-0.3, -0.25) is 0 Å². The van der Waals surface area contributed by atoms with E-state index in [1.807, 2.05) is 109 Å². The Bertz CT molecular complexity index is 2060. The van der Waals surface area contributed by atoms with Gasteiger partial charge in [0.15, 0.2) is 23.3 Å². The number of hydrogen-bond acceptors (Lipinski definition) is 10. The van der Waals surface area contributed by atoms with Crippen LogP contribution in [0.15, 0.2) is 154 Å². The topological polar surface area (TPSA) is 144 Å². The van der Waals surface area contributed by atoms with Gasteiger partial charge >= 0.3 is 0 Å². The molecule has 0 saturated heterocycles. The van der Waals surface area contributed by atoms with Gasteiger partial charge in [-0.2, -0.15) is 0 Å². The summed E-state index contributed by atoms with van der Waals surface area (Å²) in [7, 11) is 3.28. The lowest BCUT2D eigenvalue weighted by molar-refractivity contribution is 0.414. The highest BCUT2D eigenvalue weighted by Gasteiger charge is 2.24. The second-order valence-corrected chi connectivity index (χ2v) is 10.7. The van der Waals surface area contributed by atoms with Crippen LogP contribution in [0, 0.1) is 0 Å². The molecule has 0 aliphatic carbocycles. The highest BCUT2D eigenvalue weighted by Crippen LogP contribution is 2.28. The highest BCUT2D eigenvalue weighted by molar-refractivity contribution is 6.27. The molecule has 6 aromatic rings. The van der Waals surface area contributed by atoms with E-state index in [4.69, 9.17) is 9.47 Å². The van der Waals surface area contributed by atoms with Crippen molar-refractivity contribution >= 4 is 46.6 Å². The largest absolute Gasteiger partial charge is 0.497 e. The first-order chi connectivity index (χ1) is 24.7. The fraction of sp³-hybridized carbons (Fsp3) is 0.0526. The monoisotopic (exact) mass is 658 g/mol. The SMILES string of the molecule is COc1ccc2c(c1)/C(=N/c1ccccn1)N=C2Nc1ccccn1.COc1ccc2c(c1)/C(=N\c1ccccn1)N=C2Nc1ccccn1. The Balaban J connectivity index is 0.000000157. The molecule has 12 heteroatoms. The Kier molecular flexibility index (Phi) is 9.31. The van der Waals surface area contributed by atoms with E-state index in [1.165, 1.54) is 0 Å². The van der Waals surface area contributed by atoms with Crippen molar-refractivity contribution in [2.24, 2.45) is 20.0 Å². The minimum absolute atomic E-state index is 0.589. The molecule has 4 aromatic heterocycles. The van der Waals surface area contributed by atoms with Crippen molar-refractivity contribution < 1.29 is 9.47 Å². The number of anilines is 2. The fourth-order valence-electron chi connectivity index (χ4n) is 5.07. The third-order valence-electron chi connectivity index (χ3n) is 7.44. The second kappa shape index (κ2) is 14.8. The van der Waals surface area contributed by atoms with Crippen LogP contribution in [0.25, 0.3) is 0 Å². The molecule has 0 amide bonds. The van der Waals surface area contributed by atoms with E-state index in [-0.39, 0.29) is 0 Å². The van der Waals surface area contributed by atoms with Crippen LogP contribution in [0.2, 0.25) is 0 Å². The summed E-state index contributed by atoms with van der Waals surface area (Å²) in [5, 5.41) is 6.49. The Labute approximate surface area is 288 Å². The number of hydrogen-bond donors (Lipinski definition) is 2. The first-order valence-corrected chi connectivity index (χ1v) is 15.6. The molecular formula is C38H30N10O2. The van der Waals surface area contributed by atoms with E-state index in [1.54, 1.807) is 39.0 Å². The van der Waals surface area contributed by atoms with Crippen molar-refractivity contribution in [2.45, 2.75) is 0 Å². The number of nitrogens with one attached hydrogen (secondary N) is 2. The van der Waals surface area contributed by atoms with Crippen LogP contribution >= 0.6 is 0 Å². The van der Waals surface area contributed by atoms with Gasteiger partial charge in [-0.25, -0.2) is 39.9 Å². The smallest absolute Gasteiger partial charge is 0.164 e. The Morgan fingerprint density at radius 3 is 1.24 bits per heavy atom. The molecule has 2 aliphatic heterocycles. The lowest BCUT2D eigenvalue weighted by atomic mass is 10.1. The molecule has 0 spiro atoms. The fourth-order valence-corrected chi connectivity index (χ4v) is 5.07. The van der Waals surface area contributed by atoms with Crippen LogP contribution in [0.4, 0.5) is 23.3 Å². The number of fused-ring (bicyclic) bond motifs is 2. The van der Waals surface area contributed by atoms with Crippen LogP contribution in [0.5, 0.6) is 11.5 Å². The van der Waals surface area contributed by atoms with Crippen molar-refractivity contribution in [1.29, 1.82) is 0 Å². The minimum Gasteiger partial charge on any atom is -0.497 e. The van der Waals surface area contributed by atoms with Crippen LogP contribution in [0.3, 0.4) is 0 Å². The molecule has 2 aliphatic rings. The summed E-state index contributed by atoms with van der Waals surface area (Å²) in [6, 6.07) is 34.1. The molecule has 0 saturated carbocycles. The summed E-state index contributed by atoms with van der Waals surface area (Å²) in [6.45, 7) is 0. The molecule has 244 valence electrons. The molecule has 2 N–H and O–H groups in total. The van der Waals surface area contributed by atoms with Crippen molar-refractivity contribution in [2.75, 3.05) is 24.9 Å². The number of benzene rings is 2. The average Bonchev–Trinajstić information content (AvgIpc) is 3.68. The maximum atomic E-state index is 5.34. The summed E-state index contributed by atoms with van der Waals surface area (Å²) in [5.74, 6) is 6.74. The van der Waals surface area contributed by atoms with Gasteiger partial charge in [0.05, 0.1) is 14.2 Å². The van der Waals surface area contributed by atoms with Crippen LogP contribution in [-0.2, 0) is 0 Å². The van der Waals surface area contributed by atoms with Crippen molar-refractivity contribution in [1.82, 2.24) is 19.9 Å². The zero-order valence-corrected chi connectivity index (χ0v) is 27.1. The summed E-state index contributed by atoms with van der Waals surface area (Å²) in [6.07, 6.45) is 6.88. The number of nitrogens with zero attached hydrogens (tertiary/aromatic N) is 8. The standard InChI is InChI=1S/2C19H15N5O/c2*1-25-13-8-9-14-15(12-13)19(23-17-7-3-5-11-21-17)24-18(14)22-16-6-2-4-10-20-16/h2*2-12H,1H3,(H,20,21,22,23,24). The van der Waals surface area contributed by atoms with Gasteiger partial charge in [0.1, 0.15) is 34.8 Å². The van der Waals surface area contributed by atoms with E-state index in [0.717, 1.165) is 45.4 Å². The Hall–Kier alpha value is -7.08. The van der Waals surface area contributed by atoms with Crippen molar-refractivity contribution in [3.63, 3.8) is 0 Å². The maximum Gasteiger partial charge on any atom is 0.164 e. The van der Waals surface area contributed by atoms with Gasteiger partial charge in [0.25, 0.3) is 0 Å². The van der Waals surface area contributed by atoms with E-state index in [9.17, 15) is 0 Å². The molecule has 0 bridgehead atoms. The number of ether oxygens (including phenoxy) is 2. The van der Waals surface area contributed by atoms with Crippen molar-refractivity contribution in [3.05, 3.63) is 156 Å². The zero-order valence-electron chi connectivity index (χ0n) is 27.1. The van der Waals surface area contributed by atoms with E-state index < -0.39 is 0 Å². The highest BCUT2D eigenvalue weighted by atomic mass is 16.5. The minimum atomic E-state index is 0.589. The number of methoxy groups -OCH3 is 2. The maximum absolute atomic E-state index is 5.34. The van der Waals surface area contributed by atoms with E-state index in [2.05, 4.69) is 50.5 Å². The number of amidine groups is 4. The van der Waals surface area contributed by atoms with Gasteiger partial charge in [0, 0.05) is 47.0 Å². The molecule has 8 rings (SSSR count). The number of aromatic nitrogens is 4. The zero-order chi connectivity index (χ0) is 34.1. The Morgan fingerprint density at radius 2 is 0.880 bits per heavy atom. The first-order valence-electron chi connectivity index (χ1n) is 15.6. The van der Waals surface area contributed by atoms with Gasteiger partial charge in [-0.1, -0.05) is 24.3 Å². The predicted octanol–water partition coefficient (Wildman–Crippen LogP) is 6.87. The van der Waals surface area contributed by atoms with E-state index >= 15 is 0 Å². The summed E-state index contributed by atoms with van der Waals surface area (Å²) < 4.78 is 10.7. The van der Waals surface area contributed by atoms with Crippen LogP contribution in [0.1, 0.15) is 22.3 Å². The molecule has 2 aromatic carbocycles. The molecule has 0 atom stereocenters. The van der Waals surface area contributed by atoms with Gasteiger partial charge < -0.3 is 20.1 Å². The quantitative estimate of drug-likeness (QED) is 0.197. The molecule has 50 heavy (non-hydrogen) atoms. The lowest BCUT2D eigenvalue weighted by Gasteiger charge is -2.07. The Morgan fingerprint density at radius 1 is 0.460 bits per heavy atom. The molecule has 0 fully saturated rings. The predicted molar refractivity (Wildman–Crippen MR) is 196 cm³/mol.